The summed E-state index contributed by atoms with van der Waals surface area (Å²) >= 11 is 0. The number of hydrogen-bond acceptors (Lipinski definition) is 7. The quantitative estimate of drug-likeness (QED) is 0.842. The van der Waals surface area contributed by atoms with Gasteiger partial charge in [0.25, 0.3) is 0 Å². The molecule has 3 rings (SSSR count). The highest BCUT2D eigenvalue weighted by atomic mass is 16.5. The Labute approximate surface area is 151 Å². The number of carbonyl (C=O) groups excluding carboxylic acids is 1. The Bertz CT molecular complexity index is 765. The molecule has 26 heavy (non-hydrogen) atoms. The summed E-state index contributed by atoms with van der Waals surface area (Å²) in [4.78, 5) is 22.7. The van der Waals surface area contributed by atoms with Gasteiger partial charge in [0.05, 0.1) is 27.4 Å². The van der Waals surface area contributed by atoms with Gasteiger partial charge in [-0.05, 0) is 12.1 Å². The van der Waals surface area contributed by atoms with Crippen molar-refractivity contribution in [3.05, 3.63) is 30.6 Å². The molecule has 9 heteroatoms. The summed E-state index contributed by atoms with van der Waals surface area (Å²) in [6, 6.07) is 6.44. The molecule has 0 bridgehead atoms. The zero-order chi connectivity index (χ0) is 18.4. The van der Waals surface area contributed by atoms with E-state index in [-0.39, 0.29) is 0 Å². The van der Waals surface area contributed by atoms with Crippen molar-refractivity contribution in [2.24, 2.45) is 0 Å². The van der Waals surface area contributed by atoms with Crippen molar-refractivity contribution in [1.82, 2.24) is 9.97 Å². The number of benzene rings is 1. The van der Waals surface area contributed by atoms with Crippen LogP contribution in [0.3, 0.4) is 0 Å². The summed E-state index contributed by atoms with van der Waals surface area (Å²) in [5.41, 5.74) is 0.572. The number of carbonyl (C=O) groups is 1. The van der Waals surface area contributed by atoms with Gasteiger partial charge in [0.15, 0.2) is 11.5 Å². The first-order chi connectivity index (χ1) is 12.7. The lowest BCUT2D eigenvalue weighted by Crippen LogP contribution is -2.36. The fraction of sp³-hybridized carbons (Fsp3) is 0.353. The smallest absolute Gasteiger partial charge is 0.324 e. The first kappa shape index (κ1) is 17.7. The Kier molecular flexibility index (Phi) is 5.69. The number of amides is 2. The molecule has 1 fully saturated rings. The monoisotopic (exact) mass is 359 g/mol. The largest absolute Gasteiger partial charge is 0.493 e. The standard InChI is InChI=1S/C17H21N5O4/c1-24-13-4-3-12(9-14(13)25-2)20-17(23)21-15-10-16(19-11-18-15)22-5-7-26-8-6-22/h3-4,9-11H,5-8H2,1-2H3,(H2,18,19,20,21,23). The first-order valence-electron chi connectivity index (χ1n) is 8.14. The first-order valence-corrected chi connectivity index (χ1v) is 8.14. The fourth-order valence-electron chi connectivity index (χ4n) is 2.57. The minimum Gasteiger partial charge on any atom is -0.493 e. The lowest BCUT2D eigenvalue weighted by atomic mass is 10.3. The summed E-state index contributed by atoms with van der Waals surface area (Å²) < 4.78 is 15.7. The molecule has 1 aromatic carbocycles. The third-order valence-electron chi connectivity index (χ3n) is 3.87. The third-order valence-corrected chi connectivity index (χ3v) is 3.87. The molecule has 0 radical (unpaired) electrons. The van der Waals surface area contributed by atoms with Crippen molar-refractivity contribution in [3.8, 4) is 11.5 Å². The van der Waals surface area contributed by atoms with Crippen LogP contribution in [0.5, 0.6) is 11.5 Å². The molecule has 1 aromatic heterocycles. The third kappa shape index (κ3) is 4.31. The molecule has 0 aliphatic carbocycles. The molecule has 0 spiro atoms. The van der Waals surface area contributed by atoms with Crippen LogP contribution in [0, 0.1) is 0 Å². The Morgan fingerprint density at radius 2 is 1.85 bits per heavy atom. The molecule has 138 valence electrons. The van der Waals surface area contributed by atoms with E-state index in [4.69, 9.17) is 14.2 Å². The molecule has 1 saturated heterocycles. The van der Waals surface area contributed by atoms with Crippen LogP contribution in [0.15, 0.2) is 30.6 Å². The van der Waals surface area contributed by atoms with Gasteiger partial charge in [-0.2, -0.15) is 0 Å². The average Bonchev–Trinajstić information content (AvgIpc) is 2.68. The molecule has 0 saturated carbocycles. The molecule has 2 heterocycles. The van der Waals surface area contributed by atoms with E-state index in [9.17, 15) is 4.79 Å². The number of morpholine rings is 1. The highest BCUT2D eigenvalue weighted by molar-refractivity contribution is 5.99. The number of methoxy groups -OCH3 is 2. The van der Waals surface area contributed by atoms with Crippen molar-refractivity contribution >= 4 is 23.4 Å². The van der Waals surface area contributed by atoms with Crippen LogP contribution in [0.25, 0.3) is 0 Å². The van der Waals surface area contributed by atoms with Crippen LogP contribution in [0.2, 0.25) is 0 Å². The predicted octanol–water partition coefficient (Wildman–Crippen LogP) is 1.97. The molecule has 2 N–H and O–H groups in total. The predicted molar refractivity (Wildman–Crippen MR) is 97.3 cm³/mol. The minimum absolute atomic E-state index is 0.413. The van der Waals surface area contributed by atoms with Crippen LogP contribution >= 0.6 is 0 Å². The van der Waals surface area contributed by atoms with Gasteiger partial charge in [0.1, 0.15) is 18.0 Å². The normalized spacial score (nSPS) is 13.8. The molecular formula is C17H21N5O4. The number of hydrogen-bond donors (Lipinski definition) is 2. The average molecular weight is 359 g/mol. The second-order valence-corrected chi connectivity index (χ2v) is 5.51. The van der Waals surface area contributed by atoms with Crippen molar-refractivity contribution in [3.63, 3.8) is 0 Å². The van der Waals surface area contributed by atoms with Crippen molar-refractivity contribution in [1.29, 1.82) is 0 Å². The van der Waals surface area contributed by atoms with Crippen LogP contribution in [0.4, 0.5) is 22.1 Å². The van der Waals surface area contributed by atoms with Crippen LogP contribution < -0.4 is 25.0 Å². The molecule has 1 aliphatic rings. The number of urea groups is 1. The number of nitrogens with one attached hydrogen (secondary N) is 2. The number of aromatic nitrogens is 2. The topological polar surface area (TPSA) is 97.8 Å². The Morgan fingerprint density at radius 1 is 1.08 bits per heavy atom. The zero-order valence-electron chi connectivity index (χ0n) is 14.7. The van der Waals surface area contributed by atoms with Gasteiger partial charge >= 0.3 is 6.03 Å². The summed E-state index contributed by atoms with van der Waals surface area (Å²) in [5.74, 6) is 2.29. The number of anilines is 3. The maximum Gasteiger partial charge on any atom is 0.324 e. The molecule has 2 amide bonds. The van der Waals surface area contributed by atoms with E-state index < -0.39 is 6.03 Å². The van der Waals surface area contributed by atoms with E-state index in [0.29, 0.717) is 36.2 Å². The minimum atomic E-state index is -0.413. The number of rotatable bonds is 5. The van der Waals surface area contributed by atoms with Gasteiger partial charge in [-0.3, -0.25) is 5.32 Å². The summed E-state index contributed by atoms with van der Waals surface area (Å²) in [6.07, 6.45) is 1.43. The van der Waals surface area contributed by atoms with Crippen LogP contribution in [0.1, 0.15) is 0 Å². The SMILES string of the molecule is COc1ccc(NC(=O)Nc2cc(N3CCOCC3)ncn2)cc1OC. The van der Waals surface area contributed by atoms with Crippen LogP contribution in [-0.4, -0.2) is 56.5 Å². The molecule has 0 atom stereocenters. The molecular weight excluding hydrogens is 338 g/mol. The Morgan fingerprint density at radius 3 is 2.58 bits per heavy atom. The van der Waals surface area contributed by atoms with Crippen molar-refractivity contribution < 1.29 is 19.0 Å². The maximum atomic E-state index is 12.2. The summed E-state index contributed by atoms with van der Waals surface area (Å²) in [6.45, 7) is 2.84. The van der Waals surface area contributed by atoms with Crippen molar-refractivity contribution in [2.45, 2.75) is 0 Å². The number of ether oxygens (including phenoxy) is 3. The highest BCUT2D eigenvalue weighted by Crippen LogP contribution is 2.29. The van der Waals surface area contributed by atoms with E-state index in [2.05, 4.69) is 25.5 Å². The lowest BCUT2D eigenvalue weighted by Gasteiger charge is -2.27. The second-order valence-electron chi connectivity index (χ2n) is 5.51. The van der Waals surface area contributed by atoms with E-state index in [1.165, 1.54) is 13.4 Å². The zero-order valence-corrected chi connectivity index (χ0v) is 14.7. The number of nitrogens with zero attached hydrogens (tertiary/aromatic N) is 3. The van der Waals surface area contributed by atoms with Crippen molar-refractivity contribution in [2.75, 3.05) is 56.1 Å². The Hall–Kier alpha value is -3.07. The van der Waals surface area contributed by atoms with Gasteiger partial charge < -0.3 is 24.4 Å². The molecule has 0 unspecified atom stereocenters. The summed E-state index contributed by atoms with van der Waals surface area (Å²) in [5, 5.41) is 5.44. The fourth-order valence-corrected chi connectivity index (χ4v) is 2.57. The van der Waals surface area contributed by atoms with E-state index in [1.807, 2.05) is 0 Å². The maximum absolute atomic E-state index is 12.2. The van der Waals surface area contributed by atoms with Gasteiger partial charge in [0.2, 0.25) is 0 Å². The summed E-state index contributed by atoms with van der Waals surface area (Å²) in [7, 11) is 3.09. The van der Waals surface area contributed by atoms with E-state index in [0.717, 1.165) is 18.9 Å². The molecule has 2 aromatic rings. The van der Waals surface area contributed by atoms with E-state index >= 15 is 0 Å². The Balaban J connectivity index is 1.64. The highest BCUT2D eigenvalue weighted by Gasteiger charge is 2.14. The van der Waals surface area contributed by atoms with Gasteiger partial charge in [-0.15, -0.1) is 0 Å². The molecule has 9 nitrogen and oxygen atoms in total. The lowest BCUT2D eigenvalue weighted by molar-refractivity contribution is 0.122. The van der Waals surface area contributed by atoms with Crippen LogP contribution in [-0.2, 0) is 4.74 Å². The van der Waals surface area contributed by atoms with Gasteiger partial charge in [-0.25, -0.2) is 14.8 Å². The van der Waals surface area contributed by atoms with Gasteiger partial charge in [0, 0.05) is 30.9 Å². The molecule has 1 aliphatic heterocycles. The second kappa shape index (κ2) is 8.34. The van der Waals surface area contributed by atoms with E-state index in [1.54, 1.807) is 31.4 Å². The van der Waals surface area contributed by atoms with Gasteiger partial charge in [-0.1, -0.05) is 0 Å².